The van der Waals surface area contributed by atoms with Gasteiger partial charge in [0.2, 0.25) is 5.89 Å². The van der Waals surface area contributed by atoms with Crippen molar-refractivity contribution in [2.24, 2.45) is 0 Å². The van der Waals surface area contributed by atoms with Gasteiger partial charge in [-0.15, -0.1) is 11.3 Å². The lowest BCUT2D eigenvalue weighted by molar-refractivity contribution is 0.0733. The van der Waals surface area contributed by atoms with Crippen molar-refractivity contribution in [2.45, 2.75) is 56.9 Å². The summed E-state index contributed by atoms with van der Waals surface area (Å²) in [5.41, 5.74) is 1.38. The van der Waals surface area contributed by atoms with E-state index in [0.29, 0.717) is 11.7 Å². The first-order valence-electron chi connectivity index (χ1n) is 8.55. The van der Waals surface area contributed by atoms with Crippen molar-refractivity contribution in [1.82, 2.24) is 15.0 Å². The second-order valence-electron chi connectivity index (χ2n) is 6.83. The van der Waals surface area contributed by atoms with E-state index in [2.05, 4.69) is 16.2 Å². The molecule has 2 fully saturated rings. The van der Waals surface area contributed by atoms with Crippen molar-refractivity contribution >= 4 is 17.2 Å². The number of aryl methyl sites for hydroxylation is 2. The molecule has 0 bridgehead atoms. The molecule has 1 aliphatic heterocycles. The standard InChI is InChI=1S/C17H19N3O2S/c21-17(14-9-11-3-1-5-13(11)23-14)20-8-2-4-12(20)15-18-16(22-19-15)10-6-7-10/h9-10,12H,1-8H2. The van der Waals surface area contributed by atoms with Gasteiger partial charge >= 0.3 is 0 Å². The van der Waals surface area contributed by atoms with E-state index in [1.165, 1.54) is 16.9 Å². The van der Waals surface area contributed by atoms with Gasteiger partial charge in [0.25, 0.3) is 5.91 Å². The average molecular weight is 329 g/mol. The number of amides is 1. The molecule has 0 radical (unpaired) electrons. The quantitative estimate of drug-likeness (QED) is 0.865. The lowest BCUT2D eigenvalue weighted by Crippen LogP contribution is -2.30. The maximum atomic E-state index is 12.9. The molecule has 3 heterocycles. The first-order chi connectivity index (χ1) is 11.3. The van der Waals surface area contributed by atoms with Crippen LogP contribution >= 0.6 is 11.3 Å². The maximum Gasteiger partial charge on any atom is 0.264 e. The molecule has 3 aliphatic rings. The topological polar surface area (TPSA) is 59.2 Å². The lowest BCUT2D eigenvalue weighted by Gasteiger charge is -2.21. The van der Waals surface area contributed by atoms with E-state index in [4.69, 9.17) is 4.52 Å². The van der Waals surface area contributed by atoms with Crippen molar-refractivity contribution in [2.75, 3.05) is 6.54 Å². The Kier molecular flexibility index (Phi) is 3.08. The van der Waals surface area contributed by atoms with Crippen LogP contribution in [0.4, 0.5) is 0 Å². The number of aromatic nitrogens is 2. The maximum absolute atomic E-state index is 12.9. The molecule has 1 saturated heterocycles. The van der Waals surface area contributed by atoms with Crippen LogP contribution < -0.4 is 0 Å². The van der Waals surface area contributed by atoms with Crippen molar-refractivity contribution < 1.29 is 9.32 Å². The molecule has 2 aromatic rings. The molecular weight excluding hydrogens is 310 g/mol. The Bertz CT molecular complexity index is 740. The largest absolute Gasteiger partial charge is 0.339 e. The second kappa shape index (κ2) is 5.16. The predicted octanol–water partition coefficient (Wildman–Crippen LogP) is 3.47. The summed E-state index contributed by atoms with van der Waals surface area (Å²) in [6.45, 7) is 0.791. The van der Waals surface area contributed by atoms with Gasteiger partial charge in [-0.05, 0) is 56.6 Å². The average Bonchev–Trinajstić information content (AvgIpc) is 3.00. The number of hydrogen-bond acceptors (Lipinski definition) is 5. The summed E-state index contributed by atoms with van der Waals surface area (Å²) < 4.78 is 5.39. The molecule has 5 rings (SSSR count). The predicted molar refractivity (Wildman–Crippen MR) is 85.6 cm³/mol. The van der Waals surface area contributed by atoms with Gasteiger partial charge in [0.1, 0.15) is 0 Å². The number of rotatable bonds is 3. The van der Waals surface area contributed by atoms with Crippen molar-refractivity contribution in [3.63, 3.8) is 0 Å². The first-order valence-corrected chi connectivity index (χ1v) is 9.37. The lowest BCUT2D eigenvalue weighted by atomic mass is 10.2. The highest BCUT2D eigenvalue weighted by Gasteiger charge is 2.37. The molecule has 1 atom stereocenters. The van der Waals surface area contributed by atoms with Gasteiger partial charge in [-0.1, -0.05) is 5.16 Å². The molecule has 1 unspecified atom stereocenters. The van der Waals surface area contributed by atoms with E-state index in [0.717, 1.165) is 55.8 Å². The van der Waals surface area contributed by atoms with Gasteiger partial charge < -0.3 is 9.42 Å². The Morgan fingerprint density at radius 2 is 2.17 bits per heavy atom. The fourth-order valence-electron chi connectivity index (χ4n) is 3.73. The number of nitrogens with zero attached hydrogens (tertiary/aromatic N) is 3. The van der Waals surface area contributed by atoms with Gasteiger partial charge in [0.05, 0.1) is 10.9 Å². The number of carbonyl (C=O) groups excluding carboxylic acids is 1. The van der Waals surface area contributed by atoms with Gasteiger partial charge in [-0.25, -0.2) is 0 Å². The molecule has 1 amide bonds. The van der Waals surface area contributed by atoms with E-state index in [1.54, 1.807) is 11.3 Å². The second-order valence-corrected chi connectivity index (χ2v) is 7.97. The van der Waals surface area contributed by atoms with E-state index >= 15 is 0 Å². The Morgan fingerprint density at radius 3 is 3.00 bits per heavy atom. The van der Waals surface area contributed by atoms with Crippen molar-refractivity contribution in [1.29, 1.82) is 0 Å². The molecule has 120 valence electrons. The zero-order valence-electron chi connectivity index (χ0n) is 13.0. The van der Waals surface area contributed by atoms with Crippen LogP contribution in [-0.4, -0.2) is 27.5 Å². The molecule has 2 aromatic heterocycles. The van der Waals surface area contributed by atoms with E-state index < -0.39 is 0 Å². The molecule has 1 saturated carbocycles. The molecule has 0 N–H and O–H groups in total. The molecular formula is C17H19N3O2S. The highest BCUT2D eigenvalue weighted by molar-refractivity contribution is 7.14. The summed E-state index contributed by atoms with van der Waals surface area (Å²) in [6, 6.07) is 2.09. The van der Waals surface area contributed by atoms with Crippen LogP contribution in [0.15, 0.2) is 10.6 Å². The number of hydrogen-bond donors (Lipinski definition) is 0. The van der Waals surface area contributed by atoms with Crippen LogP contribution in [0.2, 0.25) is 0 Å². The molecule has 2 aliphatic carbocycles. The number of likely N-dealkylation sites (tertiary alicyclic amines) is 1. The smallest absolute Gasteiger partial charge is 0.264 e. The summed E-state index contributed by atoms with van der Waals surface area (Å²) in [7, 11) is 0. The number of thiophene rings is 1. The minimum atomic E-state index is -0.0179. The van der Waals surface area contributed by atoms with Crippen LogP contribution in [-0.2, 0) is 12.8 Å². The third-order valence-electron chi connectivity index (χ3n) is 5.15. The molecule has 5 nitrogen and oxygen atoms in total. The summed E-state index contributed by atoms with van der Waals surface area (Å²) in [5.74, 6) is 2.06. The molecule has 23 heavy (non-hydrogen) atoms. The highest BCUT2D eigenvalue weighted by atomic mass is 32.1. The highest BCUT2D eigenvalue weighted by Crippen LogP contribution is 2.41. The Balaban J connectivity index is 1.40. The fourth-order valence-corrected chi connectivity index (χ4v) is 4.94. The van der Waals surface area contributed by atoms with Crippen molar-refractivity contribution in [3.05, 3.63) is 33.1 Å². The van der Waals surface area contributed by atoms with E-state index in [9.17, 15) is 4.79 Å². The van der Waals surface area contributed by atoms with Gasteiger partial charge in [-0.3, -0.25) is 4.79 Å². The van der Waals surface area contributed by atoms with Crippen LogP contribution in [0.1, 0.15) is 75.9 Å². The van der Waals surface area contributed by atoms with E-state index in [-0.39, 0.29) is 11.9 Å². The van der Waals surface area contributed by atoms with Crippen molar-refractivity contribution in [3.8, 4) is 0 Å². The Hall–Kier alpha value is -1.69. The molecule has 6 heteroatoms. The number of fused-ring (bicyclic) bond motifs is 1. The van der Waals surface area contributed by atoms with Crippen LogP contribution in [0, 0.1) is 0 Å². The zero-order chi connectivity index (χ0) is 15.4. The monoisotopic (exact) mass is 329 g/mol. The first kappa shape index (κ1) is 13.7. The summed E-state index contributed by atoms with van der Waals surface area (Å²) in [6.07, 6.45) is 7.72. The Labute approximate surface area is 138 Å². The zero-order valence-corrected chi connectivity index (χ0v) is 13.8. The fraction of sp³-hybridized carbons (Fsp3) is 0.588. The third-order valence-corrected chi connectivity index (χ3v) is 6.38. The van der Waals surface area contributed by atoms with Crippen LogP contribution in [0.3, 0.4) is 0 Å². The third kappa shape index (κ3) is 2.31. The number of carbonyl (C=O) groups is 1. The molecule has 0 aromatic carbocycles. The van der Waals surface area contributed by atoms with Crippen LogP contribution in [0.25, 0.3) is 0 Å². The van der Waals surface area contributed by atoms with Gasteiger partial charge in [0, 0.05) is 17.3 Å². The molecule has 0 spiro atoms. The van der Waals surface area contributed by atoms with Gasteiger partial charge in [0.15, 0.2) is 5.82 Å². The Morgan fingerprint density at radius 1 is 1.26 bits per heavy atom. The van der Waals surface area contributed by atoms with Gasteiger partial charge in [-0.2, -0.15) is 4.98 Å². The minimum Gasteiger partial charge on any atom is -0.339 e. The summed E-state index contributed by atoms with van der Waals surface area (Å²) in [5, 5.41) is 4.16. The summed E-state index contributed by atoms with van der Waals surface area (Å²) in [4.78, 5) is 21.7. The normalized spacial score (nSPS) is 23.5. The summed E-state index contributed by atoms with van der Waals surface area (Å²) >= 11 is 1.68. The SMILES string of the molecule is O=C(c1cc2c(s1)CCC2)N1CCCC1c1noc(C2CC2)n1. The minimum absolute atomic E-state index is 0.0179. The van der Waals surface area contributed by atoms with E-state index in [1.807, 2.05) is 4.90 Å². The van der Waals surface area contributed by atoms with Crippen LogP contribution in [0.5, 0.6) is 0 Å².